The number of carboxylic acid groups (broad SMARTS) is 1. The number of hydrogen-bond acceptors (Lipinski definition) is 3. The molecule has 94 valence electrons. The van der Waals surface area contributed by atoms with Crippen LogP contribution in [0.25, 0.3) is 0 Å². The predicted molar refractivity (Wildman–Crippen MR) is 61.6 cm³/mol. The molecule has 0 radical (unpaired) electrons. The number of carbonyl (C=O) groups excluding carboxylic acids is 1. The molecule has 0 saturated carbocycles. The summed E-state index contributed by atoms with van der Waals surface area (Å²) in [6, 6.07) is -0.824. The molecule has 1 aromatic rings. The molecule has 0 spiro atoms. The van der Waals surface area contributed by atoms with Crippen LogP contribution in [0.4, 0.5) is 0 Å². The predicted octanol–water partition coefficient (Wildman–Crippen LogP) is 0.548. The molecule has 0 fully saturated rings. The first kappa shape index (κ1) is 13.2. The number of aromatic amines is 1. The summed E-state index contributed by atoms with van der Waals surface area (Å²) in [4.78, 5) is 22.4. The molecular formula is C11H17N3O3. The molecule has 3 N–H and O–H groups in total. The van der Waals surface area contributed by atoms with E-state index in [1.54, 1.807) is 13.8 Å². The van der Waals surface area contributed by atoms with Gasteiger partial charge in [-0.1, -0.05) is 6.92 Å². The van der Waals surface area contributed by atoms with Crippen LogP contribution in [0.1, 0.15) is 30.3 Å². The van der Waals surface area contributed by atoms with Crippen molar-refractivity contribution >= 4 is 11.9 Å². The van der Waals surface area contributed by atoms with Gasteiger partial charge in [-0.25, -0.2) is 4.79 Å². The van der Waals surface area contributed by atoms with Crippen molar-refractivity contribution in [2.45, 2.75) is 39.7 Å². The van der Waals surface area contributed by atoms with Crippen LogP contribution >= 0.6 is 0 Å². The van der Waals surface area contributed by atoms with E-state index in [9.17, 15) is 9.59 Å². The summed E-state index contributed by atoms with van der Waals surface area (Å²) in [6.07, 6.45) is 0.516. The van der Waals surface area contributed by atoms with Gasteiger partial charge in [0.2, 0.25) is 5.91 Å². The van der Waals surface area contributed by atoms with E-state index in [4.69, 9.17) is 5.11 Å². The second-order valence-electron chi connectivity index (χ2n) is 3.96. The SMILES string of the molecule is CC[C@@H](NC(=O)Cc1c(C)n[nH]c1C)C(=O)O. The quantitative estimate of drug-likeness (QED) is 0.699. The van der Waals surface area contributed by atoms with Crippen LogP contribution < -0.4 is 5.32 Å². The summed E-state index contributed by atoms with van der Waals surface area (Å²) >= 11 is 0. The summed E-state index contributed by atoms with van der Waals surface area (Å²) in [5, 5.41) is 18.1. The largest absolute Gasteiger partial charge is 0.480 e. The van der Waals surface area contributed by atoms with Gasteiger partial charge in [-0.3, -0.25) is 9.89 Å². The van der Waals surface area contributed by atoms with Crippen molar-refractivity contribution in [3.8, 4) is 0 Å². The highest BCUT2D eigenvalue weighted by molar-refractivity contribution is 5.85. The maximum atomic E-state index is 11.7. The molecule has 0 unspecified atom stereocenters. The number of nitrogens with one attached hydrogen (secondary N) is 2. The highest BCUT2D eigenvalue weighted by Gasteiger charge is 2.19. The number of carboxylic acids is 1. The van der Waals surface area contributed by atoms with Crippen LogP contribution in [0.3, 0.4) is 0 Å². The third-order valence-corrected chi connectivity index (χ3v) is 2.66. The highest BCUT2D eigenvalue weighted by Crippen LogP contribution is 2.10. The van der Waals surface area contributed by atoms with Crippen molar-refractivity contribution in [3.05, 3.63) is 17.0 Å². The van der Waals surface area contributed by atoms with Crippen LogP contribution in [0, 0.1) is 13.8 Å². The first-order chi connectivity index (χ1) is 7.95. The van der Waals surface area contributed by atoms with Gasteiger partial charge in [-0.05, 0) is 20.3 Å². The van der Waals surface area contributed by atoms with Gasteiger partial charge in [-0.15, -0.1) is 0 Å². The first-order valence-electron chi connectivity index (χ1n) is 5.48. The number of nitrogens with zero attached hydrogens (tertiary/aromatic N) is 1. The number of H-pyrrole nitrogens is 1. The number of aromatic nitrogens is 2. The van der Waals surface area contributed by atoms with Crippen LogP contribution in [-0.2, 0) is 16.0 Å². The average molecular weight is 239 g/mol. The van der Waals surface area contributed by atoms with E-state index in [-0.39, 0.29) is 12.3 Å². The number of rotatable bonds is 5. The van der Waals surface area contributed by atoms with Crippen LogP contribution in [-0.4, -0.2) is 33.2 Å². The van der Waals surface area contributed by atoms with Crippen molar-refractivity contribution in [1.82, 2.24) is 15.5 Å². The van der Waals surface area contributed by atoms with Gasteiger partial charge < -0.3 is 10.4 Å². The fourth-order valence-electron chi connectivity index (χ4n) is 1.58. The zero-order chi connectivity index (χ0) is 13.0. The average Bonchev–Trinajstić information content (AvgIpc) is 2.57. The van der Waals surface area contributed by atoms with E-state index in [0.29, 0.717) is 6.42 Å². The summed E-state index contributed by atoms with van der Waals surface area (Å²) in [5.41, 5.74) is 2.42. The third kappa shape index (κ3) is 3.30. The number of aliphatic carboxylic acids is 1. The molecule has 0 aromatic carbocycles. The van der Waals surface area contributed by atoms with Crippen LogP contribution in [0.5, 0.6) is 0 Å². The van der Waals surface area contributed by atoms with E-state index in [0.717, 1.165) is 17.0 Å². The lowest BCUT2D eigenvalue weighted by Crippen LogP contribution is -2.41. The smallest absolute Gasteiger partial charge is 0.326 e. The van der Waals surface area contributed by atoms with Gasteiger partial charge in [0.1, 0.15) is 6.04 Å². The first-order valence-corrected chi connectivity index (χ1v) is 5.48. The molecule has 0 aliphatic carbocycles. The molecule has 1 amide bonds. The van der Waals surface area contributed by atoms with Crippen molar-refractivity contribution in [1.29, 1.82) is 0 Å². The van der Waals surface area contributed by atoms with Crippen molar-refractivity contribution in [3.63, 3.8) is 0 Å². The molecule has 1 aromatic heterocycles. The maximum absolute atomic E-state index is 11.7. The number of amides is 1. The Morgan fingerprint density at radius 1 is 1.47 bits per heavy atom. The van der Waals surface area contributed by atoms with Gasteiger partial charge in [0, 0.05) is 11.3 Å². The van der Waals surface area contributed by atoms with Crippen LogP contribution in [0.15, 0.2) is 0 Å². The Bertz CT molecular complexity index is 406. The van der Waals surface area contributed by atoms with E-state index in [2.05, 4.69) is 15.5 Å². The molecule has 0 saturated heterocycles. The highest BCUT2D eigenvalue weighted by atomic mass is 16.4. The summed E-state index contributed by atoms with van der Waals surface area (Å²) < 4.78 is 0. The summed E-state index contributed by atoms with van der Waals surface area (Å²) in [5.74, 6) is -1.31. The van der Waals surface area contributed by atoms with Crippen LogP contribution in [0.2, 0.25) is 0 Å². The molecule has 6 nitrogen and oxygen atoms in total. The second-order valence-corrected chi connectivity index (χ2v) is 3.96. The Labute approximate surface area is 99.4 Å². The molecule has 1 heterocycles. The van der Waals surface area contributed by atoms with E-state index < -0.39 is 12.0 Å². The zero-order valence-electron chi connectivity index (χ0n) is 10.2. The zero-order valence-corrected chi connectivity index (χ0v) is 10.2. The van der Waals surface area contributed by atoms with E-state index >= 15 is 0 Å². The molecule has 17 heavy (non-hydrogen) atoms. The molecule has 0 aliphatic rings. The maximum Gasteiger partial charge on any atom is 0.326 e. The Hall–Kier alpha value is -1.85. The summed E-state index contributed by atoms with van der Waals surface area (Å²) in [7, 11) is 0. The lowest BCUT2D eigenvalue weighted by atomic mass is 10.1. The van der Waals surface area contributed by atoms with Crippen molar-refractivity contribution in [2.24, 2.45) is 0 Å². The molecule has 0 aliphatic heterocycles. The minimum atomic E-state index is -1.01. The van der Waals surface area contributed by atoms with Gasteiger partial charge >= 0.3 is 5.97 Å². The van der Waals surface area contributed by atoms with Gasteiger partial charge in [-0.2, -0.15) is 5.10 Å². The minimum Gasteiger partial charge on any atom is -0.480 e. The Morgan fingerprint density at radius 3 is 2.53 bits per heavy atom. The molecule has 1 atom stereocenters. The van der Waals surface area contributed by atoms with Crippen molar-refractivity contribution in [2.75, 3.05) is 0 Å². The normalized spacial score (nSPS) is 12.2. The Balaban J connectivity index is 2.64. The molecular weight excluding hydrogens is 222 g/mol. The van der Waals surface area contributed by atoms with Gasteiger partial charge in [0.25, 0.3) is 0 Å². The number of hydrogen-bond donors (Lipinski definition) is 3. The van der Waals surface area contributed by atoms with E-state index in [1.165, 1.54) is 0 Å². The second kappa shape index (κ2) is 5.47. The van der Waals surface area contributed by atoms with E-state index in [1.807, 2.05) is 6.92 Å². The van der Waals surface area contributed by atoms with Crippen molar-refractivity contribution < 1.29 is 14.7 Å². The fraction of sp³-hybridized carbons (Fsp3) is 0.545. The molecule has 0 bridgehead atoms. The Kier molecular flexibility index (Phi) is 4.25. The van der Waals surface area contributed by atoms with Gasteiger partial charge in [0.15, 0.2) is 0 Å². The topological polar surface area (TPSA) is 95.1 Å². The lowest BCUT2D eigenvalue weighted by Gasteiger charge is -2.12. The Morgan fingerprint density at radius 2 is 2.12 bits per heavy atom. The monoisotopic (exact) mass is 239 g/mol. The molecule has 1 rings (SSSR count). The molecule has 6 heteroatoms. The number of aryl methyl sites for hydroxylation is 2. The minimum absolute atomic E-state index is 0.151. The fourth-order valence-corrected chi connectivity index (χ4v) is 1.58. The lowest BCUT2D eigenvalue weighted by molar-refractivity contribution is -0.141. The third-order valence-electron chi connectivity index (χ3n) is 2.66. The summed E-state index contributed by atoms with van der Waals surface area (Å²) in [6.45, 7) is 5.35. The van der Waals surface area contributed by atoms with Gasteiger partial charge in [0.05, 0.1) is 12.1 Å². The standard InChI is InChI=1S/C11H17N3O3/c1-4-9(11(16)17)12-10(15)5-8-6(2)13-14-7(8)3/h9H,4-5H2,1-3H3,(H,12,15)(H,13,14)(H,16,17)/t9-/m1/s1. The number of carbonyl (C=O) groups is 2.